The summed E-state index contributed by atoms with van der Waals surface area (Å²) in [4.78, 5) is 12.2. The minimum absolute atomic E-state index is 0.0131. The summed E-state index contributed by atoms with van der Waals surface area (Å²) in [5.41, 5.74) is -0.00977. The molecule has 12 heteroatoms. The van der Waals surface area contributed by atoms with E-state index in [1.165, 1.54) is 4.68 Å². The van der Waals surface area contributed by atoms with Gasteiger partial charge >= 0.3 is 13.3 Å². The van der Waals surface area contributed by atoms with Crippen molar-refractivity contribution in [3.8, 4) is 11.3 Å². The monoisotopic (exact) mass is 450 g/mol. The number of nitrogens with zero attached hydrogens (tertiary/aromatic N) is 3. The predicted octanol–water partition coefficient (Wildman–Crippen LogP) is 2.23. The fourth-order valence-corrected chi connectivity index (χ4v) is 3.05. The van der Waals surface area contributed by atoms with Gasteiger partial charge < -0.3 is 15.4 Å². The summed E-state index contributed by atoms with van der Waals surface area (Å²) in [5, 5.41) is 29.4. The van der Waals surface area contributed by atoms with Gasteiger partial charge in [-0.15, -0.1) is 5.10 Å². The van der Waals surface area contributed by atoms with Gasteiger partial charge in [0.15, 0.2) is 0 Å². The number of rotatable bonds is 8. The Morgan fingerprint density at radius 3 is 2.53 bits per heavy atom. The molecular formula is C20H19BF4N4O3. The number of amides is 1. The topological polar surface area (TPSA) is 100 Å². The molecule has 0 saturated carbocycles. The van der Waals surface area contributed by atoms with Gasteiger partial charge in [0, 0.05) is 12.0 Å². The van der Waals surface area contributed by atoms with Gasteiger partial charge in [0.2, 0.25) is 5.91 Å². The smallest absolute Gasteiger partial charge is 0.426 e. The van der Waals surface area contributed by atoms with Gasteiger partial charge in [-0.25, -0.2) is 4.39 Å². The van der Waals surface area contributed by atoms with Crippen LogP contribution in [0.3, 0.4) is 0 Å². The van der Waals surface area contributed by atoms with Crippen molar-refractivity contribution in [2.75, 3.05) is 0 Å². The normalized spacial score (nSPS) is 12.4. The maximum Gasteiger partial charge on any atom is 0.475 e. The lowest BCUT2D eigenvalue weighted by molar-refractivity contribution is -0.140. The Balaban J connectivity index is 1.60. The van der Waals surface area contributed by atoms with Crippen molar-refractivity contribution in [1.82, 2.24) is 20.3 Å². The first kappa shape index (κ1) is 23.4. The molecule has 7 nitrogen and oxygen atoms in total. The minimum atomic E-state index is -4.90. The van der Waals surface area contributed by atoms with Crippen LogP contribution in [0.5, 0.6) is 0 Å². The lowest BCUT2D eigenvalue weighted by atomic mass is 9.75. The van der Waals surface area contributed by atoms with E-state index in [-0.39, 0.29) is 24.9 Å². The van der Waals surface area contributed by atoms with E-state index in [0.717, 1.165) is 11.6 Å². The first-order chi connectivity index (χ1) is 15.1. The Kier molecular flexibility index (Phi) is 7.26. The molecule has 0 aliphatic heterocycles. The number of aryl methyl sites for hydroxylation is 1. The number of alkyl halides is 3. The van der Waals surface area contributed by atoms with Crippen molar-refractivity contribution in [3.05, 3.63) is 71.7 Å². The molecule has 32 heavy (non-hydrogen) atoms. The number of halogens is 4. The Morgan fingerprint density at radius 1 is 1.16 bits per heavy atom. The van der Waals surface area contributed by atoms with Crippen LogP contribution in [0.1, 0.15) is 17.5 Å². The van der Waals surface area contributed by atoms with E-state index >= 15 is 0 Å². The van der Waals surface area contributed by atoms with Crippen molar-refractivity contribution >= 4 is 13.0 Å². The third-order valence-corrected chi connectivity index (χ3v) is 4.67. The molecule has 2 aromatic carbocycles. The number of benzene rings is 2. The minimum Gasteiger partial charge on any atom is -0.426 e. The van der Waals surface area contributed by atoms with Crippen molar-refractivity contribution in [3.63, 3.8) is 0 Å². The Labute approximate surface area is 180 Å². The van der Waals surface area contributed by atoms with Crippen LogP contribution >= 0.6 is 0 Å². The quantitative estimate of drug-likeness (QED) is 0.361. The summed E-state index contributed by atoms with van der Waals surface area (Å²) in [6.07, 6.45) is -3.67. The molecule has 3 aromatic rings. The van der Waals surface area contributed by atoms with Crippen LogP contribution in [0.2, 0.25) is 0 Å². The lowest BCUT2D eigenvalue weighted by Gasteiger charge is -2.19. The molecule has 0 aliphatic carbocycles. The largest absolute Gasteiger partial charge is 0.475 e. The van der Waals surface area contributed by atoms with E-state index in [1.807, 2.05) is 30.3 Å². The zero-order valence-corrected chi connectivity index (χ0v) is 16.6. The first-order valence-corrected chi connectivity index (χ1v) is 9.60. The molecule has 0 spiro atoms. The SMILES string of the molecule is O=C(CCn1cc(-c2ccccc2)nn1)N[C@@H](Cc1ccc(F)c(C(F)(F)F)c1)B(O)O. The highest BCUT2D eigenvalue weighted by Crippen LogP contribution is 2.32. The number of hydrogen-bond acceptors (Lipinski definition) is 5. The zero-order chi connectivity index (χ0) is 23.3. The summed E-state index contributed by atoms with van der Waals surface area (Å²) < 4.78 is 53.5. The molecule has 0 fully saturated rings. The fraction of sp³-hybridized carbons (Fsp3) is 0.250. The van der Waals surface area contributed by atoms with Gasteiger partial charge in [-0.3, -0.25) is 9.48 Å². The third-order valence-electron chi connectivity index (χ3n) is 4.67. The molecule has 1 amide bonds. The second-order valence-corrected chi connectivity index (χ2v) is 7.09. The highest BCUT2D eigenvalue weighted by Gasteiger charge is 2.35. The summed E-state index contributed by atoms with van der Waals surface area (Å²) in [7, 11) is -2.03. The second kappa shape index (κ2) is 9.92. The highest BCUT2D eigenvalue weighted by molar-refractivity contribution is 6.43. The molecule has 0 saturated heterocycles. The first-order valence-electron chi connectivity index (χ1n) is 9.60. The van der Waals surface area contributed by atoms with Crippen molar-refractivity contribution in [2.45, 2.75) is 31.5 Å². The van der Waals surface area contributed by atoms with Crippen LogP contribution in [0, 0.1) is 5.82 Å². The Bertz CT molecular complexity index is 1060. The van der Waals surface area contributed by atoms with Gasteiger partial charge in [-0.05, 0) is 24.1 Å². The number of carbonyl (C=O) groups excluding carboxylic acids is 1. The average Bonchev–Trinajstić information content (AvgIpc) is 3.22. The fourth-order valence-electron chi connectivity index (χ4n) is 3.05. The molecule has 1 aromatic heterocycles. The van der Waals surface area contributed by atoms with Gasteiger partial charge in [0.25, 0.3) is 0 Å². The molecule has 1 heterocycles. The van der Waals surface area contributed by atoms with E-state index in [9.17, 15) is 32.4 Å². The van der Waals surface area contributed by atoms with Gasteiger partial charge in [0.1, 0.15) is 11.5 Å². The molecule has 3 rings (SSSR count). The summed E-state index contributed by atoms with van der Waals surface area (Å²) >= 11 is 0. The molecule has 0 radical (unpaired) electrons. The van der Waals surface area contributed by atoms with Gasteiger partial charge in [-0.1, -0.05) is 41.6 Å². The highest BCUT2D eigenvalue weighted by atomic mass is 19.4. The Morgan fingerprint density at radius 2 is 1.88 bits per heavy atom. The average molecular weight is 450 g/mol. The number of nitrogens with one attached hydrogen (secondary N) is 1. The molecule has 1 atom stereocenters. The van der Waals surface area contributed by atoms with E-state index in [2.05, 4.69) is 15.6 Å². The third kappa shape index (κ3) is 6.14. The van der Waals surface area contributed by atoms with Crippen LogP contribution in [-0.4, -0.2) is 44.0 Å². The predicted molar refractivity (Wildman–Crippen MR) is 107 cm³/mol. The van der Waals surface area contributed by atoms with Gasteiger partial charge in [0.05, 0.1) is 24.2 Å². The van der Waals surface area contributed by atoms with Crippen LogP contribution in [-0.2, 0) is 23.9 Å². The number of hydrogen-bond donors (Lipinski definition) is 3. The van der Waals surface area contributed by atoms with Crippen LogP contribution in [0.15, 0.2) is 54.7 Å². The molecule has 168 valence electrons. The van der Waals surface area contributed by atoms with Crippen LogP contribution in [0.25, 0.3) is 11.3 Å². The van der Waals surface area contributed by atoms with Crippen molar-refractivity contribution in [1.29, 1.82) is 0 Å². The van der Waals surface area contributed by atoms with Crippen LogP contribution < -0.4 is 5.32 Å². The number of carbonyl (C=O) groups is 1. The summed E-state index contributed by atoms with van der Waals surface area (Å²) in [6, 6.07) is 11.6. The number of aromatic nitrogens is 3. The second-order valence-electron chi connectivity index (χ2n) is 7.09. The van der Waals surface area contributed by atoms with E-state index in [4.69, 9.17) is 0 Å². The van der Waals surface area contributed by atoms with E-state index in [0.29, 0.717) is 17.8 Å². The Hall–Kier alpha value is -3.25. The maximum absolute atomic E-state index is 13.4. The lowest BCUT2D eigenvalue weighted by Crippen LogP contribution is -2.48. The molecular weight excluding hydrogens is 431 g/mol. The van der Waals surface area contributed by atoms with Gasteiger partial charge in [-0.2, -0.15) is 13.2 Å². The van der Waals surface area contributed by atoms with Crippen LogP contribution in [0.4, 0.5) is 17.6 Å². The maximum atomic E-state index is 13.4. The standard InChI is InChI=1S/C20H19BF4N4O3/c22-16-7-6-13(10-15(16)20(23,24)25)11-18(21(31)32)26-19(30)8-9-29-12-17(27-28-29)14-4-2-1-3-5-14/h1-7,10,12,18,31-32H,8-9,11H2,(H,26,30)/t18-/m0/s1. The van der Waals surface area contributed by atoms with E-state index in [1.54, 1.807) is 6.20 Å². The molecule has 0 aliphatic rings. The van der Waals surface area contributed by atoms with Crippen molar-refractivity contribution in [2.24, 2.45) is 0 Å². The molecule has 0 bridgehead atoms. The van der Waals surface area contributed by atoms with E-state index < -0.39 is 36.5 Å². The molecule has 0 unspecified atom stereocenters. The molecule has 3 N–H and O–H groups in total. The van der Waals surface area contributed by atoms with Crippen molar-refractivity contribution < 1.29 is 32.4 Å². The zero-order valence-electron chi connectivity index (χ0n) is 16.6. The summed E-state index contributed by atoms with van der Waals surface area (Å²) in [5.74, 6) is -3.29. The summed E-state index contributed by atoms with van der Waals surface area (Å²) in [6.45, 7) is 0.148.